The van der Waals surface area contributed by atoms with E-state index >= 15 is 0 Å². The van der Waals surface area contributed by atoms with Crippen molar-refractivity contribution in [2.45, 2.75) is 101 Å². The van der Waals surface area contributed by atoms with Gasteiger partial charge in [0.2, 0.25) is 0 Å². The fourth-order valence-corrected chi connectivity index (χ4v) is 5.52. The van der Waals surface area contributed by atoms with Gasteiger partial charge in [-0.3, -0.25) is 9.59 Å². The monoisotopic (exact) mass is 530 g/mol. The Hall–Kier alpha value is -2.67. The van der Waals surface area contributed by atoms with Gasteiger partial charge in [0.05, 0.1) is 24.0 Å². The molecule has 0 bridgehead atoms. The van der Waals surface area contributed by atoms with Crippen molar-refractivity contribution in [3.63, 3.8) is 0 Å². The molecule has 2 rings (SSSR count). The van der Waals surface area contributed by atoms with E-state index in [1.54, 1.807) is 0 Å². The summed E-state index contributed by atoms with van der Waals surface area (Å²) in [5.74, 6) is -0.0430. The highest BCUT2D eigenvalue weighted by molar-refractivity contribution is 7.99. The lowest BCUT2D eigenvalue weighted by Crippen LogP contribution is -2.18. The number of phenolic OH excluding ortho intramolecular Hbond substituents is 2. The van der Waals surface area contributed by atoms with E-state index in [-0.39, 0.29) is 34.3 Å². The lowest BCUT2D eigenvalue weighted by Gasteiger charge is -2.28. The van der Waals surface area contributed by atoms with Crippen LogP contribution < -0.4 is 0 Å². The van der Waals surface area contributed by atoms with Crippen LogP contribution >= 0.6 is 11.8 Å². The van der Waals surface area contributed by atoms with Gasteiger partial charge in [0.25, 0.3) is 0 Å². The van der Waals surface area contributed by atoms with Gasteiger partial charge in [0, 0.05) is 12.8 Å². The number of methoxy groups -OCH3 is 2. The predicted molar refractivity (Wildman–Crippen MR) is 148 cm³/mol. The maximum absolute atomic E-state index is 11.5. The molecule has 7 heteroatoms. The lowest BCUT2D eigenvalue weighted by atomic mass is 9.79. The summed E-state index contributed by atoms with van der Waals surface area (Å²) in [6.07, 6.45) is 3.72. The molecule has 0 aromatic heterocycles. The van der Waals surface area contributed by atoms with Crippen LogP contribution in [0.15, 0.2) is 34.1 Å². The average molecular weight is 531 g/mol. The van der Waals surface area contributed by atoms with Crippen LogP contribution in [0.1, 0.15) is 88.5 Å². The van der Waals surface area contributed by atoms with E-state index in [9.17, 15) is 19.8 Å². The van der Waals surface area contributed by atoms with Crippen LogP contribution in [0.2, 0.25) is 0 Å². The third-order valence-corrected chi connectivity index (χ3v) is 8.20. The third kappa shape index (κ3) is 8.16. The van der Waals surface area contributed by atoms with Gasteiger partial charge in [-0.05, 0) is 84.7 Å². The number of aryl methyl sites for hydroxylation is 2. The van der Waals surface area contributed by atoms with Gasteiger partial charge in [0.1, 0.15) is 11.5 Å². The number of ether oxygens (including phenoxy) is 2. The van der Waals surface area contributed by atoms with Crippen molar-refractivity contribution in [3.8, 4) is 11.5 Å². The normalized spacial score (nSPS) is 11.9. The SMILES string of the molecule is COC(=O)CCCC(C)(C)c1cc(C)c(O)c(Sc2cc(C(C)(C)CCCC(=O)OC)cc(C)c2O)c1. The minimum absolute atomic E-state index is 0.193. The van der Waals surface area contributed by atoms with Crippen LogP contribution in [0.5, 0.6) is 11.5 Å². The second-order valence-electron chi connectivity index (χ2n) is 11.0. The van der Waals surface area contributed by atoms with Crippen LogP contribution in [-0.2, 0) is 29.9 Å². The van der Waals surface area contributed by atoms with Gasteiger partial charge in [-0.15, -0.1) is 0 Å². The number of phenols is 2. The number of hydrogen-bond donors (Lipinski definition) is 2. The van der Waals surface area contributed by atoms with E-state index in [2.05, 4.69) is 27.7 Å². The smallest absolute Gasteiger partial charge is 0.305 e. The Kier molecular flexibility index (Phi) is 10.5. The minimum atomic E-state index is -0.219. The Morgan fingerprint density at radius 3 is 1.41 bits per heavy atom. The highest BCUT2D eigenvalue weighted by atomic mass is 32.2. The molecule has 0 unspecified atom stereocenters. The molecule has 0 atom stereocenters. The Morgan fingerprint density at radius 2 is 1.08 bits per heavy atom. The number of esters is 2. The molecule has 0 saturated carbocycles. The predicted octanol–water partition coefficient (Wildman–Crippen LogP) is 7.11. The summed E-state index contributed by atoms with van der Waals surface area (Å²) >= 11 is 1.35. The van der Waals surface area contributed by atoms with Crippen molar-refractivity contribution in [3.05, 3.63) is 46.5 Å². The van der Waals surface area contributed by atoms with Crippen LogP contribution in [0.4, 0.5) is 0 Å². The first kappa shape index (κ1) is 30.6. The molecule has 0 spiro atoms. The molecular weight excluding hydrogens is 488 g/mol. The summed E-state index contributed by atoms with van der Waals surface area (Å²) < 4.78 is 9.53. The molecule has 0 aliphatic heterocycles. The number of aromatic hydroxyl groups is 2. The molecule has 2 N–H and O–H groups in total. The van der Waals surface area contributed by atoms with Gasteiger partial charge in [-0.1, -0.05) is 51.6 Å². The summed E-state index contributed by atoms with van der Waals surface area (Å²) in [5.41, 5.74) is 3.20. The van der Waals surface area contributed by atoms with E-state index < -0.39 is 0 Å². The van der Waals surface area contributed by atoms with Crippen molar-refractivity contribution < 1.29 is 29.3 Å². The molecule has 0 radical (unpaired) electrons. The van der Waals surface area contributed by atoms with Gasteiger partial charge in [0.15, 0.2) is 0 Å². The molecule has 2 aromatic rings. The molecular formula is C30H42O6S. The number of benzene rings is 2. The van der Waals surface area contributed by atoms with Crippen LogP contribution in [-0.4, -0.2) is 36.4 Å². The summed E-state index contributed by atoms with van der Waals surface area (Å²) in [6.45, 7) is 12.3. The average Bonchev–Trinajstić information content (AvgIpc) is 2.83. The second kappa shape index (κ2) is 12.7. The molecule has 6 nitrogen and oxygen atoms in total. The first-order valence-electron chi connectivity index (χ1n) is 12.7. The Morgan fingerprint density at radius 1 is 0.730 bits per heavy atom. The van der Waals surface area contributed by atoms with Crippen molar-refractivity contribution in [2.24, 2.45) is 0 Å². The number of carbonyl (C=O) groups is 2. The molecule has 0 saturated heterocycles. The van der Waals surface area contributed by atoms with Crippen LogP contribution in [0.3, 0.4) is 0 Å². The lowest BCUT2D eigenvalue weighted by molar-refractivity contribution is -0.141. The standard InChI is InChI=1S/C30H42O6S/c1-19-15-21(29(3,4)13-9-11-25(31)35-7)17-23(27(19)33)37-24-18-22(16-20(2)28(24)34)30(5,6)14-10-12-26(32)36-8/h15-18,33-34H,9-14H2,1-8H3. The van der Waals surface area contributed by atoms with Crippen molar-refractivity contribution in [1.82, 2.24) is 0 Å². The van der Waals surface area contributed by atoms with E-state index in [0.717, 1.165) is 35.1 Å². The van der Waals surface area contributed by atoms with Gasteiger partial charge >= 0.3 is 11.9 Å². The molecule has 0 amide bonds. The number of carbonyl (C=O) groups excluding carboxylic acids is 2. The van der Waals surface area contributed by atoms with Crippen LogP contribution in [0.25, 0.3) is 0 Å². The first-order chi connectivity index (χ1) is 17.2. The Balaban J connectivity index is 2.35. The number of hydrogen-bond acceptors (Lipinski definition) is 7. The van der Waals surface area contributed by atoms with Gasteiger partial charge in [-0.2, -0.15) is 0 Å². The Labute approximate surface area is 225 Å². The van der Waals surface area contributed by atoms with E-state index in [1.807, 2.05) is 38.1 Å². The topological polar surface area (TPSA) is 93.1 Å². The van der Waals surface area contributed by atoms with E-state index in [0.29, 0.717) is 35.5 Å². The van der Waals surface area contributed by atoms with E-state index in [4.69, 9.17) is 9.47 Å². The quantitative estimate of drug-likeness (QED) is 0.283. The molecule has 0 aliphatic rings. The highest BCUT2D eigenvalue weighted by Crippen LogP contribution is 2.45. The highest BCUT2D eigenvalue weighted by Gasteiger charge is 2.26. The fraction of sp³-hybridized carbons (Fsp3) is 0.533. The molecule has 2 aromatic carbocycles. The van der Waals surface area contributed by atoms with Crippen LogP contribution in [0, 0.1) is 13.8 Å². The summed E-state index contributed by atoms with van der Waals surface area (Å²) in [5, 5.41) is 21.8. The van der Waals surface area contributed by atoms with Crippen molar-refractivity contribution >= 4 is 23.7 Å². The second-order valence-corrected chi connectivity index (χ2v) is 12.1. The zero-order valence-electron chi connectivity index (χ0n) is 23.5. The van der Waals surface area contributed by atoms with Crippen molar-refractivity contribution in [2.75, 3.05) is 14.2 Å². The molecule has 0 aliphatic carbocycles. The fourth-order valence-electron chi connectivity index (χ4n) is 4.39. The maximum Gasteiger partial charge on any atom is 0.305 e. The minimum Gasteiger partial charge on any atom is -0.506 e. The third-order valence-electron chi connectivity index (χ3n) is 7.13. The summed E-state index contributed by atoms with van der Waals surface area (Å²) in [7, 11) is 2.80. The molecule has 0 heterocycles. The zero-order valence-corrected chi connectivity index (χ0v) is 24.3. The summed E-state index contributed by atoms with van der Waals surface area (Å²) in [6, 6.07) is 7.94. The first-order valence-corrected chi connectivity index (χ1v) is 13.5. The summed E-state index contributed by atoms with van der Waals surface area (Å²) in [4.78, 5) is 24.4. The largest absolute Gasteiger partial charge is 0.506 e. The Bertz CT molecular complexity index is 1030. The van der Waals surface area contributed by atoms with Crippen molar-refractivity contribution in [1.29, 1.82) is 0 Å². The van der Waals surface area contributed by atoms with E-state index in [1.165, 1.54) is 26.0 Å². The van der Waals surface area contributed by atoms with Gasteiger partial charge in [-0.25, -0.2) is 0 Å². The zero-order chi connectivity index (χ0) is 28.0. The molecule has 0 fully saturated rings. The van der Waals surface area contributed by atoms with Gasteiger partial charge < -0.3 is 19.7 Å². The molecule has 37 heavy (non-hydrogen) atoms. The number of rotatable bonds is 12. The maximum atomic E-state index is 11.5. The molecule has 204 valence electrons.